The maximum absolute atomic E-state index is 2.33. The Hall–Kier alpha value is 0.543. The Kier molecular flexibility index (Phi) is 7.05. The van der Waals surface area contributed by atoms with Gasteiger partial charge in [0.1, 0.15) is 0 Å². The van der Waals surface area contributed by atoms with Gasteiger partial charge >= 0.3 is 52.6 Å². The summed E-state index contributed by atoms with van der Waals surface area (Å²) in [5, 5.41) is 3.17. The fraction of sp³-hybridized carbons (Fsp3) is 1.00. The van der Waals surface area contributed by atoms with Crippen LogP contribution in [-0.4, -0.2) is 15.4 Å². The molecule has 0 spiro atoms. The fourth-order valence-electron chi connectivity index (χ4n) is 0.677. The zero-order chi connectivity index (χ0) is 5.54. The molecule has 7 heavy (non-hydrogen) atoms. The van der Waals surface area contributed by atoms with Crippen molar-refractivity contribution in [1.82, 2.24) is 0 Å². The fourth-order valence-corrected chi connectivity index (χ4v) is 3.52. The average Bonchev–Trinajstić information content (AvgIpc) is 1.69. The van der Waals surface area contributed by atoms with Crippen LogP contribution in [0.25, 0.3) is 0 Å². The Morgan fingerprint density at radius 3 is 2.43 bits per heavy atom. The van der Waals surface area contributed by atoms with Crippen LogP contribution in [0.4, 0.5) is 0 Å². The molecule has 44 valence electrons. The molecule has 0 N–H and O–H groups in total. The Labute approximate surface area is 53.2 Å². The topological polar surface area (TPSA) is 0 Å². The van der Waals surface area contributed by atoms with Gasteiger partial charge < -0.3 is 0 Å². The first-order valence-corrected chi connectivity index (χ1v) is 7.61. The van der Waals surface area contributed by atoms with Crippen molar-refractivity contribution in [2.45, 2.75) is 37.2 Å². The summed E-state index contributed by atoms with van der Waals surface area (Å²) in [6.07, 6.45) is 2.92. The molecule has 0 unspecified atom stereocenters. The summed E-state index contributed by atoms with van der Waals surface area (Å²) in [5.41, 5.74) is 0. The Morgan fingerprint density at radius 1 is 1.29 bits per heavy atom. The molecular weight excluding hydrogens is 145 g/mol. The third kappa shape index (κ3) is 6.54. The van der Waals surface area contributed by atoms with Crippen LogP contribution in [0.1, 0.15) is 26.7 Å². The van der Waals surface area contributed by atoms with Crippen LogP contribution in [0.15, 0.2) is 0 Å². The van der Waals surface area contributed by atoms with Gasteiger partial charge in [-0.25, -0.2) is 0 Å². The van der Waals surface area contributed by atoms with E-state index in [4.69, 9.17) is 0 Å². The first-order valence-electron chi connectivity index (χ1n) is 3.41. The summed E-state index contributed by atoms with van der Waals surface area (Å²) < 4.78 is 0. The predicted molar refractivity (Wildman–Crippen MR) is 38.7 cm³/mol. The molecule has 0 aliphatic heterocycles. The SMILES string of the molecule is CCC[CH2][GeH2][CH2]C. The molecule has 0 aliphatic carbocycles. The molecule has 0 rings (SSSR count). The molecule has 0 radical (unpaired) electrons. The van der Waals surface area contributed by atoms with E-state index >= 15 is 0 Å². The third-order valence-electron chi connectivity index (χ3n) is 1.21. The molecule has 0 heterocycles. The predicted octanol–water partition coefficient (Wildman–Crippen LogP) is 1.81. The van der Waals surface area contributed by atoms with Gasteiger partial charge in [0.2, 0.25) is 0 Å². The molecule has 0 saturated heterocycles. The number of hydrogen-bond acceptors (Lipinski definition) is 0. The van der Waals surface area contributed by atoms with Crippen LogP contribution in [0, 0.1) is 0 Å². The van der Waals surface area contributed by atoms with Gasteiger partial charge in [-0.1, -0.05) is 0 Å². The standard InChI is InChI=1S/C6H16Ge/c1-3-5-6-7-4-2/h3-7H2,1-2H3. The normalized spacial score (nSPS) is 11.1. The second-order valence-electron chi connectivity index (χ2n) is 2.06. The molecule has 1 heteroatoms. The summed E-state index contributed by atoms with van der Waals surface area (Å²) in [4.78, 5) is 0. The summed E-state index contributed by atoms with van der Waals surface area (Å²) >= 11 is 0.0559. The third-order valence-corrected chi connectivity index (χ3v) is 4.79. The minimum absolute atomic E-state index is 0.0559. The molecule has 0 atom stereocenters. The number of hydrogen-bond donors (Lipinski definition) is 0. The van der Waals surface area contributed by atoms with Gasteiger partial charge in [0.25, 0.3) is 0 Å². The van der Waals surface area contributed by atoms with Crippen LogP contribution in [0.3, 0.4) is 0 Å². The van der Waals surface area contributed by atoms with E-state index in [2.05, 4.69) is 13.8 Å². The van der Waals surface area contributed by atoms with Gasteiger partial charge in [-0.15, -0.1) is 0 Å². The van der Waals surface area contributed by atoms with E-state index in [1.807, 2.05) is 0 Å². The van der Waals surface area contributed by atoms with Crippen molar-refractivity contribution in [2.75, 3.05) is 0 Å². The van der Waals surface area contributed by atoms with E-state index in [0.717, 1.165) is 0 Å². The monoisotopic (exact) mass is 162 g/mol. The van der Waals surface area contributed by atoms with Crippen molar-refractivity contribution in [1.29, 1.82) is 0 Å². The van der Waals surface area contributed by atoms with Gasteiger partial charge in [0.15, 0.2) is 0 Å². The van der Waals surface area contributed by atoms with Crippen LogP contribution in [0.2, 0.25) is 10.5 Å². The zero-order valence-electron chi connectivity index (χ0n) is 5.54. The Bertz CT molecular complexity index is 23.4. The van der Waals surface area contributed by atoms with Crippen molar-refractivity contribution in [3.05, 3.63) is 0 Å². The van der Waals surface area contributed by atoms with E-state index in [-0.39, 0.29) is 15.4 Å². The molecule has 0 aromatic rings. The van der Waals surface area contributed by atoms with Gasteiger partial charge in [0.05, 0.1) is 0 Å². The second kappa shape index (κ2) is 6.54. The van der Waals surface area contributed by atoms with Gasteiger partial charge in [-0.2, -0.15) is 0 Å². The molecule has 0 bridgehead atoms. The number of rotatable bonds is 4. The first kappa shape index (κ1) is 7.54. The molecule has 0 aliphatic rings. The first-order chi connectivity index (χ1) is 3.41. The second-order valence-corrected chi connectivity index (χ2v) is 7.13. The molecular formula is C6H16Ge. The van der Waals surface area contributed by atoms with Gasteiger partial charge in [-0.05, 0) is 0 Å². The van der Waals surface area contributed by atoms with Gasteiger partial charge in [-0.3, -0.25) is 0 Å². The Balaban J connectivity index is 2.45. The van der Waals surface area contributed by atoms with Crippen LogP contribution < -0.4 is 0 Å². The van der Waals surface area contributed by atoms with E-state index < -0.39 is 0 Å². The van der Waals surface area contributed by atoms with Gasteiger partial charge in [0, 0.05) is 0 Å². The van der Waals surface area contributed by atoms with Crippen LogP contribution in [0.5, 0.6) is 0 Å². The Morgan fingerprint density at radius 2 is 2.00 bits per heavy atom. The molecule has 0 saturated carbocycles. The van der Waals surface area contributed by atoms with Crippen molar-refractivity contribution < 1.29 is 0 Å². The van der Waals surface area contributed by atoms with Crippen molar-refractivity contribution in [2.24, 2.45) is 0 Å². The zero-order valence-corrected chi connectivity index (χ0v) is 8.50. The van der Waals surface area contributed by atoms with Crippen molar-refractivity contribution in [3.8, 4) is 0 Å². The molecule has 0 nitrogen and oxygen atoms in total. The molecule has 0 aromatic carbocycles. The quantitative estimate of drug-likeness (QED) is 0.435. The summed E-state index contributed by atoms with van der Waals surface area (Å²) in [7, 11) is 0. The summed E-state index contributed by atoms with van der Waals surface area (Å²) in [5.74, 6) is 0. The maximum atomic E-state index is 2.33. The van der Waals surface area contributed by atoms with Crippen molar-refractivity contribution in [3.63, 3.8) is 0 Å². The van der Waals surface area contributed by atoms with Crippen molar-refractivity contribution >= 4 is 15.4 Å². The van der Waals surface area contributed by atoms with Crippen LogP contribution in [-0.2, 0) is 0 Å². The molecule has 0 amide bonds. The van der Waals surface area contributed by atoms with E-state index in [9.17, 15) is 0 Å². The number of unbranched alkanes of at least 4 members (excludes halogenated alkanes) is 1. The van der Waals surface area contributed by atoms with E-state index in [0.29, 0.717) is 0 Å². The van der Waals surface area contributed by atoms with E-state index in [1.165, 1.54) is 12.8 Å². The summed E-state index contributed by atoms with van der Waals surface area (Å²) in [6.45, 7) is 4.60. The van der Waals surface area contributed by atoms with E-state index in [1.54, 1.807) is 10.5 Å². The minimum atomic E-state index is 0.0559. The summed E-state index contributed by atoms with van der Waals surface area (Å²) in [6, 6.07) is 0. The van der Waals surface area contributed by atoms with Crippen LogP contribution >= 0.6 is 0 Å². The molecule has 0 aromatic heterocycles. The molecule has 0 fully saturated rings. The average molecular weight is 161 g/mol.